The number of benzene rings is 1. The minimum Gasteiger partial charge on any atom is -0.394 e. The van der Waals surface area contributed by atoms with Crippen molar-refractivity contribution >= 4 is 23.4 Å². The Bertz CT molecular complexity index is 621. The van der Waals surface area contributed by atoms with E-state index in [1.165, 1.54) is 0 Å². The Hall–Kier alpha value is -1.92. The monoisotopic (exact) mass is 324 g/mol. The van der Waals surface area contributed by atoms with Crippen molar-refractivity contribution in [3.8, 4) is 0 Å². The summed E-state index contributed by atoms with van der Waals surface area (Å²) < 4.78 is 13.6. The minimum atomic E-state index is -0.492. The third-order valence-electron chi connectivity index (χ3n) is 3.10. The van der Waals surface area contributed by atoms with E-state index in [0.717, 1.165) is 11.8 Å². The van der Waals surface area contributed by atoms with E-state index in [-0.39, 0.29) is 24.4 Å². The number of nitrogens with one attached hydrogen (secondary N) is 1. The molecule has 0 unspecified atom stereocenters. The van der Waals surface area contributed by atoms with Crippen LogP contribution in [0.2, 0.25) is 5.02 Å². The highest BCUT2D eigenvalue weighted by Crippen LogP contribution is 2.16. The Morgan fingerprint density at radius 3 is 2.59 bits per heavy atom. The molecule has 7 heteroatoms. The van der Waals surface area contributed by atoms with Gasteiger partial charge in [-0.1, -0.05) is 23.7 Å². The summed E-state index contributed by atoms with van der Waals surface area (Å²) in [5, 5.41) is 13.2. The van der Waals surface area contributed by atoms with Crippen LogP contribution in [0.4, 0.5) is 16.2 Å². The molecule has 2 N–H and O–H groups in total. The predicted molar refractivity (Wildman–Crippen MR) is 86.0 cm³/mol. The molecule has 0 fully saturated rings. The lowest BCUT2D eigenvalue weighted by Crippen LogP contribution is -2.28. The van der Waals surface area contributed by atoms with Crippen molar-refractivity contribution in [3.63, 3.8) is 0 Å². The van der Waals surface area contributed by atoms with Crippen molar-refractivity contribution in [1.82, 2.24) is 9.97 Å². The molecule has 2 rings (SSSR count). The normalized spacial score (nSPS) is 12.0. The Morgan fingerprint density at radius 1 is 1.32 bits per heavy atom. The largest absolute Gasteiger partial charge is 0.394 e. The molecule has 0 saturated heterocycles. The fourth-order valence-electron chi connectivity index (χ4n) is 1.99. The lowest BCUT2D eigenvalue weighted by molar-refractivity contribution is 0.273. The van der Waals surface area contributed by atoms with Crippen LogP contribution in [-0.4, -0.2) is 41.8 Å². The van der Waals surface area contributed by atoms with Crippen LogP contribution in [0, 0.1) is 5.82 Å². The number of aliphatic hydroxyl groups excluding tert-OH is 1. The van der Waals surface area contributed by atoms with Gasteiger partial charge < -0.3 is 15.3 Å². The van der Waals surface area contributed by atoms with Crippen LogP contribution in [0.25, 0.3) is 0 Å². The zero-order chi connectivity index (χ0) is 16.1. The van der Waals surface area contributed by atoms with E-state index >= 15 is 0 Å². The summed E-state index contributed by atoms with van der Waals surface area (Å²) in [5.41, 5.74) is 1.02. The first-order chi connectivity index (χ1) is 10.5. The number of hydrogen-bond acceptors (Lipinski definition) is 5. The molecule has 1 aromatic carbocycles. The summed E-state index contributed by atoms with van der Waals surface area (Å²) in [6.45, 7) is -0.0966. The topological polar surface area (TPSA) is 61.3 Å². The molecular weight excluding hydrogens is 307 g/mol. The smallest absolute Gasteiger partial charge is 0.225 e. The molecular formula is C15H18ClFN4O. The highest BCUT2D eigenvalue weighted by molar-refractivity contribution is 6.30. The van der Waals surface area contributed by atoms with E-state index in [1.54, 1.807) is 31.1 Å². The zero-order valence-corrected chi connectivity index (χ0v) is 13.2. The van der Waals surface area contributed by atoms with Crippen LogP contribution < -0.4 is 10.2 Å². The van der Waals surface area contributed by atoms with E-state index in [9.17, 15) is 9.50 Å². The van der Waals surface area contributed by atoms with Crippen molar-refractivity contribution in [2.45, 2.75) is 12.5 Å². The minimum absolute atomic E-state index is 0.0966. The van der Waals surface area contributed by atoms with E-state index in [1.807, 2.05) is 12.1 Å². The second-order valence-corrected chi connectivity index (χ2v) is 5.55. The number of anilines is 2. The van der Waals surface area contributed by atoms with Gasteiger partial charge in [-0.3, -0.25) is 0 Å². The van der Waals surface area contributed by atoms with Crippen LogP contribution in [-0.2, 0) is 6.42 Å². The number of nitrogens with zero attached hydrogens (tertiary/aromatic N) is 3. The molecule has 0 bridgehead atoms. The molecule has 1 heterocycles. The number of halogens is 2. The molecule has 0 aliphatic heterocycles. The fraction of sp³-hybridized carbons (Fsp3) is 0.333. The average Bonchev–Trinajstić information content (AvgIpc) is 2.50. The number of hydrogen-bond donors (Lipinski definition) is 2. The number of aliphatic hydroxyl groups is 1. The van der Waals surface area contributed by atoms with Crippen molar-refractivity contribution in [3.05, 3.63) is 46.9 Å². The highest BCUT2D eigenvalue weighted by Gasteiger charge is 2.13. The van der Waals surface area contributed by atoms with E-state index in [2.05, 4.69) is 15.3 Å². The van der Waals surface area contributed by atoms with E-state index in [0.29, 0.717) is 11.4 Å². The van der Waals surface area contributed by atoms with Gasteiger partial charge in [-0.2, -0.15) is 4.98 Å². The molecule has 0 saturated carbocycles. The Kier molecular flexibility index (Phi) is 5.51. The highest BCUT2D eigenvalue weighted by atomic mass is 35.5. The summed E-state index contributed by atoms with van der Waals surface area (Å²) in [5.74, 6) is -0.0207. The zero-order valence-electron chi connectivity index (χ0n) is 12.4. The van der Waals surface area contributed by atoms with Gasteiger partial charge in [0.1, 0.15) is 0 Å². The van der Waals surface area contributed by atoms with Crippen LogP contribution in [0.1, 0.15) is 5.56 Å². The standard InChI is InChI=1S/C15H18ClFN4O/c1-21(2)14-13(17)8-18-15(20-14)19-12(9-22)7-10-3-5-11(16)6-4-10/h3-6,8,12,22H,7,9H2,1-2H3,(H,18,19,20)/t12-/m0/s1. The number of aromatic nitrogens is 2. The maximum atomic E-state index is 13.6. The van der Waals surface area contributed by atoms with Crippen LogP contribution >= 0.6 is 11.6 Å². The molecule has 0 aliphatic carbocycles. The van der Waals surface area contributed by atoms with Gasteiger partial charge in [-0.25, -0.2) is 9.37 Å². The summed E-state index contributed by atoms with van der Waals surface area (Å²) in [6, 6.07) is 7.10. The maximum absolute atomic E-state index is 13.6. The molecule has 22 heavy (non-hydrogen) atoms. The number of rotatable bonds is 6. The molecule has 0 amide bonds. The molecule has 0 aliphatic rings. The third kappa shape index (κ3) is 4.29. The summed E-state index contributed by atoms with van der Waals surface area (Å²) in [6.07, 6.45) is 1.69. The second kappa shape index (κ2) is 7.38. The Morgan fingerprint density at radius 2 is 2.00 bits per heavy atom. The molecule has 118 valence electrons. The molecule has 2 aromatic rings. The average molecular weight is 325 g/mol. The van der Waals surface area contributed by atoms with Crippen LogP contribution in [0.3, 0.4) is 0 Å². The van der Waals surface area contributed by atoms with Gasteiger partial charge in [0.2, 0.25) is 5.95 Å². The van der Waals surface area contributed by atoms with Crippen molar-refractivity contribution in [2.75, 3.05) is 30.9 Å². The quantitative estimate of drug-likeness (QED) is 0.854. The van der Waals surface area contributed by atoms with Gasteiger partial charge in [-0.05, 0) is 24.1 Å². The second-order valence-electron chi connectivity index (χ2n) is 5.11. The van der Waals surface area contributed by atoms with Crippen LogP contribution in [0.15, 0.2) is 30.5 Å². The lowest BCUT2D eigenvalue weighted by Gasteiger charge is -2.18. The molecule has 0 spiro atoms. The van der Waals surface area contributed by atoms with Gasteiger partial charge in [-0.15, -0.1) is 0 Å². The first-order valence-electron chi connectivity index (χ1n) is 6.81. The molecule has 0 radical (unpaired) electrons. The molecule has 1 atom stereocenters. The van der Waals surface area contributed by atoms with Crippen molar-refractivity contribution in [2.24, 2.45) is 0 Å². The lowest BCUT2D eigenvalue weighted by atomic mass is 10.1. The van der Waals surface area contributed by atoms with E-state index in [4.69, 9.17) is 11.6 Å². The molecule has 5 nitrogen and oxygen atoms in total. The summed E-state index contributed by atoms with van der Waals surface area (Å²) >= 11 is 5.85. The van der Waals surface area contributed by atoms with Gasteiger partial charge in [0.15, 0.2) is 11.6 Å². The van der Waals surface area contributed by atoms with Crippen molar-refractivity contribution in [1.29, 1.82) is 0 Å². The SMILES string of the molecule is CN(C)c1nc(N[C@H](CO)Cc2ccc(Cl)cc2)ncc1F. The third-order valence-corrected chi connectivity index (χ3v) is 3.35. The van der Waals surface area contributed by atoms with Crippen LogP contribution in [0.5, 0.6) is 0 Å². The van der Waals surface area contributed by atoms with Gasteiger partial charge in [0.05, 0.1) is 18.8 Å². The molecule has 1 aromatic heterocycles. The van der Waals surface area contributed by atoms with Gasteiger partial charge in [0, 0.05) is 19.1 Å². The Balaban J connectivity index is 2.09. The summed E-state index contributed by atoms with van der Waals surface area (Å²) in [7, 11) is 3.40. The maximum Gasteiger partial charge on any atom is 0.225 e. The first-order valence-corrected chi connectivity index (χ1v) is 7.19. The fourth-order valence-corrected chi connectivity index (χ4v) is 2.12. The van der Waals surface area contributed by atoms with E-state index < -0.39 is 5.82 Å². The predicted octanol–water partition coefficient (Wildman–Crippen LogP) is 2.35. The Labute approximate surface area is 133 Å². The van der Waals surface area contributed by atoms with Gasteiger partial charge in [0.25, 0.3) is 0 Å². The first kappa shape index (κ1) is 16.5. The van der Waals surface area contributed by atoms with Gasteiger partial charge >= 0.3 is 0 Å². The summed E-state index contributed by atoms with van der Waals surface area (Å²) in [4.78, 5) is 9.59. The van der Waals surface area contributed by atoms with Crippen molar-refractivity contribution < 1.29 is 9.50 Å².